The molecule has 1 fully saturated rings. The lowest BCUT2D eigenvalue weighted by atomic mass is 10.1. The number of rotatable bonds is 2. The second kappa shape index (κ2) is 6.44. The van der Waals surface area contributed by atoms with Crippen LogP contribution in [0.5, 0.6) is 0 Å². The fourth-order valence-corrected chi connectivity index (χ4v) is 3.58. The largest absolute Gasteiger partial charge is 0.368 e. The van der Waals surface area contributed by atoms with Crippen molar-refractivity contribution in [1.29, 1.82) is 0 Å². The normalized spacial score (nSPS) is 14.9. The highest BCUT2D eigenvalue weighted by Gasteiger charge is 2.23. The minimum Gasteiger partial charge on any atom is -0.368 e. The molecule has 0 saturated carbocycles. The number of benzene rings is 2. The minimum absolute atomic E-state index is 0.0677. The molecule has 0 atom stereocenters. The van der Waals surface area contributed by atoms with Crippen LogP contribution in [0.15, 0.2) is 36.4 Å². The summed E-state index contributed by atoms with van der Waals surface area (Å²) in [4.78, 5) is 17.2. The molecule has 1 aliphatic rings. The summed E-state index contributed by atoms with van der Waals surface area (Å²) in [5.74, 6) is 0.0677. The number of hydrogen-bond acceptors (Lipinski definition) is 4. The molecule has 6 nitrogen and oxygen atoms in total. The van der Waals surface area contributed by atoms with Crippen LogP contribution in [0.3, 0.4) is 0 Å². The van der Waals surface area contributed by atoms with E-state index in [1.165, 1.54) is 16.8 Å². The highest BCUT2D eigenvalue weighted by Crippen LogP contribution is 2.24. The molecular weight excluding hydrogens is 326 g/mol. The molecular formula is C20H23N5O. The molecule has 0 radical (unpaired) electrons. The molecule has 1 aliphatic heterocycles. The molecule has 26 heavy (non-hydrogen) atoms. The first-order chi connectivity index (χ1) is 12.5. The number of hydrogen-bond donors (Lipinski definition) is 0. The molecule has 4 rings (SSSR count). The van der Waals surface area contributed by atoms with Crippen molar-refractivity contribution >= 4 is 22.6 Å². The molecule has 2 heterocycles. The Balaban J connectivity index is 1.48. The van der Waals surface area contributed by atoms with Crippen molar-refractivity contribution in [3.8, 4) is 0 Å². The van der Waals surface area contributed by atoms with E-state index < -0.39 is 0 Å². The van der Waals surface area contributed by atoms with Gasteiger partial charge in [-0.2, -0.15) is 0 Å². The van der Waals surface area contributed by atoms with Crippen molar-refractivity contribution in [2.24, 2.45) is 7.05 Å². The van der Waals surface area contributed by atoms with E-state index in [4.69, 9.17) is 0 Å². The first kappa shape index (κ1) is 16.6. The zero-order chi connectivity index (χ0) is 18.3. The molecule has 6 heteroatoms. The van der Waals surface area contributed by atoms with Gasteiger partial charge in [0.15, 0.2) is 0 Å². The molecule has 0 aliphatic carbocycles. The number of fused-ring (bicyclic) bond motifs is 1. The lowest BCUT2D eigenvalue weighted by Gasteiger charge is -2.37. The number of carbonyl (C=O) groups excluding carboxylic acids is 1. The second-order valence-electron chi connectivity index (χ2n) is 6.91. The second-order valence-corrected chi connectivity index (χ2v) is 6.91. The van der Waals surface area contributed by atoms with Crippen molar-refractivity contribution in [2.45, 2.75) is 13.8 Å². The summed E-state index contributed by atoms with van der Waals surface area (Å²) >= 11 is 0. The number of piperazine rings is 1. The van der Waals surface area contributed by atoms with Crippen LogP contribution in [0.25, 0.3) is 11.0 Å². The van der Waals surface area contributed by atoms with Crippen LogP contribution < -0.4 is 4.90 Å². The van der Waals surface area contributed by atoms with Gasteiger partial charge in [-0.1, -0.05) is 17.3 Å². The number of anilines is 1. The third-order valence-corrected chi connectivity index (χ3v) is 5.34. The number of carbonyl (C=O) groups is 1. The van der Waals surface area contributed by atoms with Crippen LogP contribution in [-0.2, 0) is 7.05 Å². The van der Waals surface area contributed by atoms with E-state index in [1.54, 1.807) is 4.68 Å². The van der Waals surface area contributed by atoms with Crippen LogP contribution in [0.4, 0.5) is 5.69 Å². The van der Waals surface area contributed by atoms with E-state index in [-0.39, 0.29) is 5.91 Å². The summed E-state index contributed by atoms with van der Waals surface area (Å²) in [5, 5.41) is 8.11. The van der Waals surface area contributed by atoms with E-state index >= 15 is 0 Å². The molecule has 1 amide bonds. The van der Waals surface area contributed by atoms with Gasteiger partial charge in [0.1, 0.15) is 5.52 Å². The maximum atomic E-state index is 12.9. The lowest BCUT2D eigenvalue weighted by molar-refractivity contribution is 0.0747. The summed E-state index contributed by atoms with van der Waals surface area (Å²) in [6.45, 7) is 7.46. The van der Waals surface area contributed by atoms with Gasteiger partial charge in [0.25, 0.3) is 5.91 Å². The maximum Gasteiger partial charge on any atom is 0.254 e. The summed E-state index contributed by atoms with van der Waals surface area (Å²) in [5.41, 5.74) is 6.27. The van der Waals surface area contributed by atoms with Gasteiger partial charge in [-0.25, -0.2) is 4.68 Å². The number of aromatic nitrogens is 3. The topological polar surface area (TPSA) is 54.3 Å². The van der Waals surface area contributed by atoms with E-state index in [1.807, 2.05) is 30.1 Å². The van der Waals surface area contributed by atoms with Crippen LogP contribution in [0.2, 0.25) is 0 Å². The number of aryl methyl sites for hydroxylation is 2. The standard InChI is InChI=1S/C20H23N5O/c1-14-5-4-6-18(15(14)2)24-9-11-25(12-10-24)20(26)16-7-8-19-17(13-16)21-22-23(19)3/h4-8,13H,9-12H2,1-3H3. The fourth-order valence-electron chi connectivity index (χ4n) is 3.58. The Morgan fingerprint density at radius 3 is 2.58 bits per heavy atom. The summed E-state index contributed by atoms with van der Waals surface area (Å²) in [6, 6.07) is 12.0. The fraction of sp³-hybridized carbons (Fsp3) is 0.350. The van der Waals surface area contributed by atoms with Crippen LogP contribution >= 0.6 is 0 Å². The Bertz CT molecular complexity index is 969. The predicted octanol–water partition coefficient (Wildman–Crippen LogP) is 2.55. The average Bonchev–Trinajstić information content (AvgIpc) is 3.04. The zero-order valence-corrected chi connectivity index (χ0v) is 15.4. The number of nitrogens with zero attached hydrogens (tertiary/aromatic N) is 5. The SMILES string of the molecule is Cc1cccc(N2CCN(C(=O)c3ccc4c(c3)nnn4C)CC2)c1C. The molecule has 1 saturated heterocycles. The molecule has 2 aromatic carbocycles. The summed E-state index contributed by atoms with van der Waals surface area (Å²) in [6.07, 6.45) is 0. The Hall–Kier alpha value is -2.89. The van der Waals surface area contributed by atoms with Crippen LogP contribution in [-0.4, -0.2) is 52.0 Å². The quantitative estimate of drug-likeness (QED) is 0.713. The monoisotopic (exact) mass is 349 g/mol. The van der Waals surface area contributed by atoms with Crippen molar-refractivity contribution < 1.29 is 4.79 Å². The van der Waals surface area contributed by atoms with Gasteiger partial charge < -0.3 is 9.80 Å². The van der Waals surface area contributed by atoms with E-state index in [9.17, 15) is 4.79 Å². The van der Waals surface area contributed by atoms with Crippen molar-refractivity contribution in [2.75, 3.05) is 31.1 Å². The Morgan fingerprint density at radius 2 is 1.81 bits per heavy atom. The lowest BCUT2D eigenvalue weighted by Crippen LogP contribution is -2.49. The van der Waals surface area contributed by atoms with E-state index in [0.29, 0.717) is 5.56 Å². The van der Waals surface area contributed by atoms with Gasteiger partial charge in [-0.15, -0.1) is 5.10 Å². The molecule has 1 aromatic heterocycles. The molecule has 0 unspecified atom stereocenters. The molecule has 0 spiro atoms. The predicted molar refractivity (Wildman–Crippen MR) is 103 cm³/mol. The molecule has 0 bridgehead atoms. The number of amides is 1. The van der Waals surface area contributed by atoms with Gasteiger partial charge in [-0.3, -0.25) is 4.79 Å². The Labute approximate surface area is 153 Å². The Morgan fingerprint density at radius 1 is 1.04 bits per heavy atom. The third-order valence-electron chi connectivity index (χ3n) is 5.34. The summed E-state index contributed by atoms with van der Waals surface area (Å²) in [7, 11) is 1.85. The minimum atomic E-state index is 0.0677. The van der Waals surface area contributed by atoms with Gasteiger partial charge in [0, 0.05) is 44.5 Å². The zero-order valence-electron chi connectivity index (χ0n) is 15.4. The van der Waals surface area contributed by atoms with Gasteiger partial charge >= 0.3 is 0 Å². The highest BCUT2D eigenvalue weighted by atomic mass is 16.2. The van der Waals surface area contributed by atoms with Gasteiger partial charge in [0.05, 0.1) is 5.52 Å². The Kier molecular flexibility index (Phi) is 4.11. The first-order valence-electron chi connectivity index (χ1n) is 8.94. The summed E-state index contributed by atoms with van der Waals surface area (Å²) < 4.78 is 1.71. The first-order valence-corrected chi connectivity index (χ1v) is 8.94. The highest BCUT2D eigenvalue weighted by molar-refractivity contribution is 5.97. The van der Waals surface area contributed by atoms with Crippen LogP contribution in [0, 0.1) is 13.8 Å². The van der Waals surface area contributed by atoms with Crippen molar-refractivity contribution in [1.82, 2.24) is 19.9 Å². The maximum absolute atomic E-state index is 12.9. The van der Waals surface area contributed by atoms with E-state index in [0.717, 1.165) is 37.2 Å². The molecule has 0 N–H and O–H groups in total. The van der Waals surface area contributed by atoms with Gasteiger partial charge in [-0.05, 0) is 49.2 Å². The van der Waals surface area contributed by atoms with Crippen LogP contribution in [0.1, 0.15) is 21.5 Å². The average molecular weight is 349 g/mol. The van der Waals surface area contributed by atoms with Gasteiger partial charge in [0.2, 0.25) is 0 Å². The smallest absolute Gasteiger partial charge is 0.254 e. The van der Waals surface area contributed by atoms with E-state index in [2.05, 4.69) is 47.3 Å². The van der Waals surface area contributed by atoms with Crippen molar-refractivity contribution in [3.63, 3.8) is 0 Å². The van der Waals surface area contributed by atoms with Crippen molar-refractivity contribution in [3.05, 3.63) is 53.1 Å². The molecule has 3 aromatic rings. The third kappa shape index (κ3) is 2.81. The molecule has 134 valence electrons.